The average molecular weight is 336 g/mol. The fourth-order valence-corrected chi connectivity index (χ4v) is 3.76. The van der Waals surface area contributed by atoms with Gasteiger partial charge in [-0.3, -0.25) is 4.79 Å². The lowest BCUT2D eigenvalue weighted by atomic mass is 10.1. The number of ether oxygens (including phenoxy) is 1. The predicted octanol–water partition coefficient (Wildman–Crippen LogP) is 3.08. The normalized spacial score (nSPS) is 12.4. The first-order valence-electron chi connectivity index (χ1n) is 7.65. The molecule has 24 heavy (non-hydrogen) atoms. The van der Waals surface area contributed by atoms with Crippen LogP contribution < -0.4 is 14.8 Å². The molecule has 0 saturated heterocycles. The van der Waals surface area contributed by atoms with Crippen LogP contribution in [0.2, 0.25) is 0 Å². The Morgan fingerprint density at radius 1 is 1.12 bits per heavy atom. The molecule has 0 aliphatic carbocycles. The van der Waals surface area contributed by atoms with Crippen LogP contribution >= 0.6 is 11.3 Å². The van der Waals surface area contributed by atoms with Gasteiger partial charge in [-0.05, 0) is 60.9 Å². The zero-order chi connectivity index (χ0) is 16.8. The Kier molecular flexibility index (Phi) is 3.39. The third kappa shape index (κ3) is 2.29. The molecule has 0 N–H and O–H groups in total. The molecule has 0 radical (unpaired) electrons. The molecule has 0 unspecified atom stereocenters. The summed E-state index contributed by atoms with van der Waals surface area (Å²) in [6.07, 6.45) is 1.90. The maximum absolute atomic E-state index is 12.8. The number of fused-ring (bicyclic) bond motifs is 3. The molecule has 4 rings (SSSR count). The Hall–Kier alpha value is -2.66. The van der Waals surface area contributed by atoms with Crippen LogP contribution in [0.5, 0.6) is 5.75 Å². The van der Waals surface area contributed by atoms with E-state index in [1.54, 1.807) is 11.5 Å². The van der Waals surface area contributed by atoms with Crippen molar-refractivity contribution in [2.45, 2.75) is 13.8 Å². The fraction of sp³-hybridized carbons (Fsp3) is 0.158. The van der Waals surface area contributed by atoms with Gasteiger partial charge < -0.3 is 4.74 Å². The van der Waals surface area contributed by atoms with E-state index in [1.807, 2.05) is 42.5 Å². The lowest BCUT2D eigenvalue weighted by Crippen LogP contribution is -2.22. The lowest BCUT2D eigenvalue weighted by Gasteiger charge is -1.99. The summed E-state index contributed by atoms with van der Waals surface area (Å²) in [4.78, 5) is 18.1. The molecule has 120 valence electrons. The number of hydrogen-bond donors (Lipinski definition) is 0. The molecule has 5 heteroatoms. The number of methoxy groups -OCH3 is 1. The van der Waals surface area contributed by atoms with Crippen LogP contribution in [-0.4, -0.2) is 16.5 Å². The van der Waals surface area contributed by atoms with Gasteiger partial charge in [0.2, 0.25) is 0 Å². The molecule has 2 aromatic heterocycles. The van der Waals surface area contributed by atoms with E-state index in [9.17, 15) is 4.79 Å². The predicted molar refractivity (Wildman–Crippen MR) is 98.1 cm³/mol. The number of benzene rings is 2. The largest absolute Gasteiger partial charge is 0.497 e. The first-order chi connectivity index (χ1) is 11.6. The maximum atomic E-state index is 12.8. The average Bonchev–Trinajstić information content (AvgIpc) is 3.06. The quantitative estimate of drug-likeness (QED) is 0.565. The lowest BCUT2D eigenvalue weighted by molar-refractivity contribution is 0.415. The molecule has 0 saturated carbocycles. The number of aryl methyl sites for hydroxylation is 2. The Balaban J connectivity index is 1.94. The van der Waals surface area contributed by atoms with E-state index in [1.165, 1.54) is 16.9 Å². The highest BCUT2D eigenvalue weighted by Gasteiger charge is 2.12. The van der Waals surface area contributed by atoms with E-state index >= 15 is 0 Å². The van der Waals surface area contributed by atoms with Crippen molar-refractivity contribution >= 4 is 33.4 Å². The topological polar surface area (TPSA) is 43.6 Å². The van der Waals surface area contributed by atoms with Gasteiger partial charge in [-0.15, -0.1) is 0 Å². The van der Waals surface area contributed by atoms with Crippen molar-refractivity contribution in [3.05, 3.63) is 68.0 Å². The van der Waals surface area contributed by atoms with Gasteiger partial charge in [0.15, 0.2) is 4.96 Å². The summed E-state index contributed by atoms with van der Waals surface area (Å²) in [6, 6.07) is 11.7. The number of nitrogens with zero attached hydrogens (tertiary/aromatic N) is 2. The van der Waals surface area contributed by atoms with Crippen LogP contribution in [0, 0.1) is 13.8 Å². The minimum absolute atomic E-state index is 0.0171. The van der Waals surface area contributed by atoms with Gasteiger partial charge in [-0.25, -0.2) is 9.38 Å². The molecule has 0 bridgehead atoms. The van der Waals surface area contributed by atoms with Gasteiger partial charge in [0.05, 0.1) is 22.7 Å². The smallest absolute Gasteiger partial charge is 0.274 e. The molecule has 0 atom stereocenters. The van der Waals surface area contributed by atoms with Gasteiger partial charge >= 0.3 is 0 Å². The first kappa shape index (κ1) is 14.9. The fourth-order valence-electron chi connectivity index (χ4n) is 2.77. The zero-order valence-corrected chi connectivity index (χ0v) is 14.5. The van der Waals surface area contributed by atoms with Crippen molar-refractivity contribution in [1.82, 2.24) is 9.38 Å². The SMILES string of the molecule is COc1ccc(/C=c2/sc3nc4cc(C)c(C)cc4n3c2=O)cc1. The number of aromatic nitrogens is 2. The van der Waals surface area contributed by atoms with Gasteiger partial charge in [0.25, 0.3) is 5.56 Å². The minimum atomic E-state index is -0.0171. The summed E-state index contributed by atoms with van der Waals surface area (Å²) in [5.41, 5.74) is 5.05. The molecule has 2 heterocycles. The van der Waals surface area contributed by atoms with E-state index in [-0.39, 0.29) is 5.56 Å². The minimum Gasteiger partial charge on any atom is -0.497 e. The molecule has 4 nitrogen and oxygen atoms in total. The second-order valence-electron chi connectivity index (χ2n) is 5.84. The Labute approximate surface area is 142 Å². The highest BCUT2D eigenvalue weighted by atomic mass is 32.1. The second-order valence-corrected chi connectivity index (χ2v) is 6.85. The monoisotopic (exact) mass is 336 g/mol. The zero-order valence-electron chi connectivity index (χ0n) is 13.7. The van der Waals surface area contributed by atoms with Crippen LogP contribution in [0.4, 0.5) is 0 Å². The van der Waals surface area contributed by atoms with Gasteiger partial charge in [-0.2, -0.15) is 0 Å². The molecule has 0 fully saturated rings. The van der Waals surface area contributed by atoms with Crippen molar-refractivity contribution in [3.63, 3.8) is 0 Å². The number of imidazole rings is 1. The third-order valence-corrected chi connectivity index (χ3v) is 5.24. The van der Waals surface area contributed by atoms with Crippen LogP contribution in [-0.2, 0) is 0 Å². The van der Waals surface area contributed by atoms with Crippen LogP contribution in [0.3, 0.4) is 0 Å². The van der Waals surface area contributed by atoms with E-state index in [0.29, 0.717) is 4.53 Å². The highest BCUT2D eigenvalue weighted by Crippen LogP contribution is 2.20. The van der Waals surface area contributed by atoms with Crippen LogP contribution in [0.25, 0.3) is 22.1 Å². The molecular weight excluding hydrogens is 320 g/mol. The molecule has 0 amide bonds. The first-order valence-corrected chi connectivity index (χ1v) is 8.46. The van der Waals surface area contributed by atoms with Crippen molar-refractivity contribution < 1.29 is 4.74 Å². The maximum Gasteiger partial charge on any atom is 0.274 e. The van der Waals surface area contributed by atoms with E-state index in [2.05, 4.69) is 18.8 Å². The van der Waals surface area contributed by atoms with E-state index in [0.717, 1.165) is 32.9 Å². The number of rotatable bonds is 2. The molecular formula is C19H16N2O2S. The molecule has 0 aliphatic rings. The van der Waals surface area contributed by atoms with Gasteiger partial charge in [0, 0.05) is 0 Å². The van der Waals surface area contributed by atoms with Crippen molar-refractivity contribution in [2.24, 2.45) is 0 Å². The molecule has 0 aliphatic heterocycles. The summed E-state index contributed by atoms with van der Waals surface area (Å²) in [7, 11) is 1.64. The summed E-state index contributed by atoms with van der Waals surface area (Å²) in [6.45, 7) is 4.11. The van der Waals surface area contributed by atoms with E-state index in [4.69, 9.17) is 4.74 Å². The van der Waals surface area contributed by atoms with Crippen molar-refractivity contribution in [1.29, 1.82) is 0 Å². The Bertz CT molecular complexity index is 1170. The van der Waals surface area contributed by atoms with Gasteiger partial charge in [-0.1, -0.05) is 23.5 Å². The third-order valence-electron chi connectivity index (χ3n) is 4.27. The Morgan fingerprint density at radius 2 is 1.83 bits per heavy atom. The van der Waals surface area contributed by atoms with Gasteiger partial charge in [0.1, 0.15) is 5.75 Å². The number of hydrogen-bond acceptors (Lipinski definition) is 4. The molecule has 2 aromatic carbocycles. The second kappa shape index (κ2) is 5.46. The summed E-state index contributed by atoms with van der Waals surface area (Å²) < 4.78 is 7.55. The molecule has 0 spiro atoms. The van der Waals surface area contributed by atoms with Crippen LogP contribution in [0.15, 0.2) is 41.2 Å². The summed E-state index contributed by atoms with van der Waals surface area (Å²) in [5.74, 6) is 0.798. The number of thiazole rings is 1. The highest BCUT2D eigenvalue weighted by molar-refractivity contribution is 7.15. The van der Waals surface area contributed by atoms with Crippen molar-refractivity contribution in [2.75, 3.05) is 7.11 Å². The van der Waals surface area contributed by atoms with Crippen LogP contribution in [0.1, 0.15) is 16.7 Å². The standard InChI is InChI=1S/C19H16N2O2S/c1-11-8-15-16(9-12(11)2)21-18(22)17(24-19(21)20-15)10-13-4-6-14(23-3)7-5-13/h4-10H,1-3H3/b17-10+. The summed E-state index contributed by atoms with van der Waals surface area (Å²) >= 11 is 1.42. The van der Waals surface area contributed by atoms with Crippen molar-refractivity contribution in [3.8, 4) is 5.75 Å². The molecule has 4 aromatic rings. The summed E-state index contributed by atoms with van der Waals surface area (Å²) in [5, 5.41) is 0. The Morgan fingerprint density at radius 3 is 2.54 bits per heavy atom. The van der Waals surface area contributed by atoms with E-state index < -0.39 is 0 Å².